The fourth-order valence-corrected chi connectivity index (χ4v) is 2.56. The Balaban J connectivity index is 2.18. The van der Waals surface area contributed by atoms with Gasteiger partial charge in [-0.15, -0.1) is 0 Å². The van der Waals surface area contributed by atoms with Gasteiger partial charge in [0.1, 0.15) is 11.9 Å². The summed E-state index contributed by atoms with van der Waals surface area (Å²) in [5, 5.41) is 2.64. The van der Waals surface area contributed by atoms with E-state index >= 15 is 0 Å². The van der Waals surface area contributed by atoms with Crippen LogP contribution in [0.15, 0.2) is 18.3 Å². The van der Waals surface area contributed by atoms with Crippen LogP contribution in [-0.2, 0) is 4.79 Å². The van der Waals surface area contributed by atoms with Crippen LogP contribution in [0.3, 0.4) is 0 Å². The summed E-state index contributed by atoms with van der Waals surface area (Å²) in [4.78, 5) is 32.3. The maximum Gasteiger partial charge on any atom is 0.256 e. The van der Waals surface area contributed by atoms with Crippen molar-refractivity contribution in [2.45, 2.75) is 25.3 Å². The number of carbonyl (C=O) groups is 2. The molecule has 0 spiro atoms. The molecule has 1 aliphatic rings. The van der Waals surface area contributed by atoms with Gasteiger partial charge in [-0.1, -0.05) is 0 Å². The zero-order chi connectivity index (χ0) is 15.4. The monoisotopic (exact) mass is 290 g/mol. The van der Waals surface area contributed by atoms with Crippen molar-refractivity contribution in [1.29, 1.82) is 0 Å². The molecule has 0 aromatic carbocycles. The molecule has 0 radical (unpaired) electrons. The van der Waals surface area contributed by atoms with E-state index in [-0.39, 0.29) is 17.9 Å². The Morgan fingerprint density at radius 1 is 1.33 bits per heavy atom. The molecule has 2 amide bonds. The van der Waals surface area contributed by atoms with Crippen LogP contribution in [0.4, 0.5) is 5.82 Å². The average Bonchev–Trinajstić information content (AvgIpc) is 2.53. The van der Waals surface area contributed by atoms with Crippen molar-refractivity contribution in [2.24, 2.45) is 0 Å². The number of likely N-dealkylation sites (N-methyl/N-ethyl adjacent to an activating group) is 1. The summed E-state index contributed by atoms with van der Waals surface area (Å²) >= 11 is 0. The molecular weight excluding hydrogens is 268 g/mol. The number of amides is 2. The van der Waals surface area contributed by atoms with Gasteiger partial charge in [-0.05, 0) is 31.4 Å². The molecule has 1 atom stereocenters. The minimum atomic E-state index is -0.371. The highest BCUT2D eigenvalue weighted by Gasteiger charge is 2.32. The normalized spacial score (nSPS) is 18.2. The van der Waals surface area contributed by atoms with Crippen LogP contribution in [0.1, 0.15) is 29.6 Å². The van der Waals surface area contributed by atoms with Gasteiger partial charge in [0, 0.05) is 33.9 Å². The predicted molar refractivity (Wildman–Crippen MR) is 81.3 cm³/mol. The fourth-order valence-electron chi connectivity index (χ4n) is 2.56. The highest BCUT2D eigenvalue weighted by Crippen LogP contribution is 2.20. The van der Waals surface area contributed by atoms with Gasteiger partial charge in [0.05, 0.1) is 5.56 Å². The van der Waals surface area contributed by atoms with Gasteiger partial charge < -0.3 is 15.1 Å². The summed E-state index contributed by atoms with van der Waals surface area (Å²) in [7, 11) is 5.40. The molecule has 1 unspecified atom stereocenters. The number of hydrogen-bond acceptors (Lipinski definition) is 4. The largest absolute Gasteiger partial charge is 0.363 e. The Morgan fingerprint density at radius 2 is 2.10 bits per heavy atom. The second-order valence-corrected chi connectivity index (χ2v) is 5.42. The molecule has 2 rings (SSSR count). The van der Waals surface area contributed by atoms with Crippen molar-refractivity contribution >= 4 is 17.6 Å². The SMILES string of the molecule is CNC(=O)C1CCCCN1C(=O)c1ccc(N(C)C)nc1. The molecular formula is C15H22N4O2. The molecule has 6 heteroatoms. The second kappa shape index (κ2) is 6.56. The smallest absolute Gasteiger partial charge is 0.256 e. The summed E-state index contributed by atoms with van der Waals surface area (Å²) in [5.74, 6) is 0.579. The summed E-state index contributed by atoms with van der Waals surface area (Å²) in [5.41, 5.74) is 0.524. The van der Waals surface area contributed by atoms with Crippen molar-refractivity contribution in [3.8, 4) is 0 Å². The van der Waals surface area contributed by atoms with Crippen LogP contribution in [-0.4, -0.2) is 55.4 Å². The van der Waals surface area contributed by atoms with Gasteiger partial charge >= 0.3 is 0 Å². The van der Waals surface area contributed by atoms with Crippen LogP contribution in [0.5, 0.6) is 0 Å². The minimum absolute atomic E-state index is 0.0964. The number of anilines is 1. The predicted octanol–water partition coefficient (Wildman–Crippen LogP) is 0.888. The summed E-state index contributed by atoms with van der Waals surface area (Å²) in [6, 6.07) is 3.21. The third-order valence-corrected chi connectivity index (χ3v) is 3.77. The molecule has 0 saturated carbocycles. The van der Waals surface area contributed by atoms with Gasteiger partial charge in [-0.3, -0.25) is 9.59 Å². The topological polar surface area (TPSA) is 65.5 Å². The number of nitrogens with zero attached hydrogens (tertiary/aromatic N) is 3. The standard InChI is InChI=1S/C15H22N4O2/c1-16-14(20)12-6-4-5-9-19(12)15(21)11-7-8-13(17-10-11)18(2)3/h7-8,10,12H,4-6,9H2,1-3H3,(H,16,20). The summed E-state index contributed by atoms with van der Waals surface area (Å²) in [6.45, 7) is 0.617. The molecule has 6 nitrogen and oxygen atoms in total. The Labute approximate surface area is 125 Å². The van der Waals surface area contributed by atoms with Gasteiger partial charge in [-0.2, -0.15) is 0 Å². The minimum Gasteiger partial charge on any atom is -0.363 e. The molecule has 1 aliphatic heterocycles. The maximum atomic E-state index is 12.6. The molecule has 1 saturated heterocycles. The molecule has 1 fully saturated rings. The van der Waals surface area contributed by atoms with E-state index in [0.29, 0.717) is 18.5 Å². The summed E-state index contributed by atoms with van der Waals surface area (Å²) in [6.07, 6.45) is 4.20. The summed E-state index contributed by atoms with van der Waals surface area (Å²) < 4.78 is 0. The van der Waals surface area contributed by atoms with E-state index in [2.05, 4.69) is 10.3 Å². The Kier molecular flexibility index (Phi) is 4.77. The van der Waals surface area contributed by atoms with Crippen molar-refractivity contribution in [1.82, 2.24) is 15.2 Å². The molecule has 0 aliphatic carbocycles. The lowest BCUT2D eigenvalue weighted by Gasteiger charge is -2.34. The van der Waals surface area contributed by atoms with E-state index in [1.54, 1.807) is 24.2 Å². The first-order chi connectivity index (χ1) is 10.0. The molecule has 1 aromatic rings. The maximum absolute atomic E-state index is 12.6. The number of rotatable bonds is 3. The van der Waals surface area contributed by atoms with Gasteiger partial charge in [0.2, 0.25) is 5.91 Å². The molecule has 2 heterocycles. The van der Waals surface area contributed by atoms with Crippen LogP contribution < -0.4 is 10.2 Å². The number of aromatic nitrogens is 1. The lowest BCUT2D eigenvalue weighted by Crippen LogP contribution is -2.51. The molecule has 1 N–H and O–H groups in total. The lowest BCUT2D eigenvalue weighted by atomic mass is 10.0. The van der Waals surface area contributed by atoms with Gasteiger partial charge in [0.25, 0.3) is 5.91 Å². The average molecular weight is 290 g/mol. The van der Waals surface area contributed by atoms with Gasteiger partial charge in [0.15, 0.2) is 0 Å². The van der Waals surface area contributed by atoms with E-state index in [0.717, 1.165) is 18.7 Å². The Hall–Kier alpha value is -2.11. The van der Waals surface area contributed by atoms with Crippen molar-refractivity contribution in [3.05, 3.63) is 23.9 Å². The van der Waals surface area contributed by atoms with Crippen LogP contribution in [0.2, 0.25) is 0 Å². The first-order valence-electron chi connectivity index (χ1n) is 7.20. The zero-order valence-corrected chi connectivity index (χ0v) is 12.8. The number of carbonyl (C=O) groups excluding carboxylic acids is 2. The third kappa shape index (κ3) is 3.32. The third-order valence-electron chi connectivity index (χ3n) is 3.77. The van der Waals surface area contributed by atoms with Crippen LogP contribution in [0.25, 0.3) is 0 Å². The van der Waals surface area contributed by atoms with E-state index in [1.807, 2.05) is 25.1 Å². The first kappa shape index (κ1) is 15.3. The number of pyridine rings is 1. The van der Waals surface area contributed by atoms with Crippen LogP contribution >= 0.6 is 0 Å². The molecule has 21 heavy (non-hydrogen) atoms. The second-order valence-electron chi connectivity index (χ2n) is 5.42. The highest BCUT2D eigenvalue weighted by atomic mass is 16.2. The molecule has 0 bridgehead atoms. The zero-order valence-electron chi connectivity index (χ0n) is 12.8. The number of piperidine rings is 1. The van der Waals surface area contributed by atoms with Gasteiger partial charge in [-0.25, -0.2) is 4.98 Å². The van der Waals surface area contributed by atoms with Crippen molar-refractivity contribution in [3.63, 3.8) is 0 Å². The number of likely N-dealkylation sites (tertiary alicyclic amines) is 1. The fraction of sp³-hybridized carbons (Fsp3) is 0.533. The molecule has 114 valence electrons. The van der Waals surface area contributed by atoms with E-state index < -0.39 is 0 Å². The first-order valence-corrected chi connectivity index (χ1v) is 7.20. The van der Waals surface area contributed by atoms with E-state index in [1.165, 1.54) is 0 Å². The Bertz CT molecular complexity index is 513. The quantitative estimate of drug-likeness (QED) is 0.898. The van der Waals surface area contributed by atoms with E-state index in [9.17, 15) is 9.59 Å². The number of hydrogen-bond donors (Lipinski definition) is 1. The lowest BCUT2D eigenvalue weighted by molar-refractivity contribution is -0.126. The van der Waals surface area contributed by atoms with Crippen molar-refractivity contribution in [2.75, 3.05) is 32.6 Å². The molecule has 1 aromatic heterocycles. The van der Waals surface area contributed by atoms with Crippen LogP contribution in [0, 0.1) is 0 Å². The number of nitrogens with one attached hydrogen (secondary N) is 1. The van der Waals surface area contributed by atoms with E-state index in [4.69, 9.17) is 0 Å². The highest BCUT2D eigenvalue weighted by molar-refractivity contribution is 5.97. The van der Waals surface area contributed by atoms with Crippen molar-refractivity contribution < 1.29 is 9.59 Å². The Morgan fingerprint density at radius 3 is 2.67 bits per heavy atom.